The number of hydrogen-bond acceptors (Lipinski definition) is 0. The molecule has 0 radical (unpaired) electrons. The summed E-state index contributed by atoms with van der Waals surface area (Å²) >= 11 is 0. The van der Waals surface area contributed by atoms with Crippen molar-refractivity contribution in [2.24, 2.45) is 45.3 Å². The first-order chi connectivity index (χ1) is 14.2. The van der Waals surface area contributed by atoms with Crippen molar-refractivity contribution in [3.05, 3.63) is 17.9 Å². The van der Waals surface area contributed by atoms with Crippen molar-refractivity contribution in [1.82, 2.24) is 0 Å². The van der Waals surface area contributed by atoms with Gasteiger partial charge in [0.1, 0.15) is 0 Å². The average molecular weight is 411 g/mol. The van der Waals surface area contributed by atoms with Crippen LogP contribution in [0.25, 0.3) is 0 Å². The number of allylic oxidation sites excluding steroid dienone is 1. The van der Waals surface area contributed by atoms with E-state index in [1.165, 1.54) is 89.0 Å². The maximum Gasteiger partial charge on any atom is -0.00708 e. The normalized spacial score (nSPS) is 50.6. The first-order valence-electron chi connectivity index (χ1n) is 13.6. The maximum absolute atomic E-state index is 4.04. The van der Waals surface area contributed by atoms with E-state index in [4.69, 9.17) is 0 Å². The van der Waals surface area contributed by atoms with E-state index in [1.54, 1.807) is 0 Å². The van der Waals surface area contributed by atoms with Crippen molar-refractivity contribution in [1.29, 1.82) is 0 Å². The first-order valence-corrected chi connectivity index (χ1v) is 13.6. The molecular weight excluding hydrogens is 360 g/mol. The molecular formula is C30H50. The monoisotopic (exact) mass is 410 g/mol. The summed E-state index contributed by atoms with van der Waals surface area (Å²) in [5.74, 6) is 3.68. The minimum Gasteiger partial charge on any atom is -0.130 e. The molecule has 4 aliphatic rings. The van der Waals surface area contributed by atoms with Crippen molar-refractivity contribution in [3.63, 3.8) is 0 Å². The predicted octanol–water partition coefficient (Wildman–Crippen LogP) is 9.35. The van der Waals surface area contributed by atoms with E-state index < -0.39 is 0 Å². The van der Waals surface area contributed by atoms with Crippen molar-refractivity contribution < 1.29 is 0 Å². The summed E-state index contributed by atoms with van der Waals surface area (Å²) in [5, 5.41) is 0. The molecule has 0 nitrogen and oxygen atoms in total. The van der Waals surface area contributed by atoms with E-state index in [0.717, 1.165) is 23.7 Å². The molecule has 4 fully saturated rings. The smallest absolute Gasteiger partial charge is 0.00708 e. The standard InChI is InChI=1S/C30H50/c1-8-22(5)24-13-14-26-23-15-19-29(10-3)21-27(6,9-2)17-12-18-28(29,7)25(23)16-20-30(24,26)11-4/h23-26H,1,9-21H2,2-7H3/t23-,24?,25+,26+,27-,28-,29?,30-/m1/s1. The Labute approximate surface area is 188 Å². The van der Waals surface area contributed by atoms with Crippen LogP contribution in [0.15, 0.2) is 17.9 Å². The molecule has 4 rings (SSSR count). The van der Waals surface area contributed by atoms with Gasteiger partial charge in [0.25, 0.3) is 0 Å². The lowest BCUT2D eigenvalue weighted by atomic mass is 9.40. The van der Waals surface area contributed by atoms with Gasteiger partial charge in [-0.25, -0.2) is 0 Å². The van der Waals surface area contributed by atoms with E-state index in [9.17, 15) is 0 Å². The van der Waals surface area contributed by atoms with Gasteiger partial charge in [0.15, 0.2) is 0 Å². The molecule has 0 aliphatic heterocycles. The highest BCUT2D eigenvalue weighted by Gasteiger charge is 2.64. The molecule has 2 unspecified atom stereocenters. The van der Waals surface area contributed by atoms with E-state index in [2.05, 4.69) is 53.9 Å². The molecule has 8 atom stereocenters. The highest BCUT2D eigenvalue weighted by Crippen LogP contribution is 2.73. The molecule has 170 valence electrons. The lowest BCUT2D eigenvalue weighted by Gasteiger charge is -2.65. The summed E-state index contributed by atoms with van der Waals surface area (Å²) < 4.78 is 0. The second kappa shape index (κ2) is 7.83. The van der Waals surface area contributed by atoms with Crippen LogP contribution in [0.3, 0.4) is 0 Å². The Balaban J connectivity index is 1.71. The second-order valence-electron chi connectivity index (χ2n) is 12.8. The quantitative estimate of drug-likeness (QED) is 0.405. The van der Waals surface area contributed by atoms with E-state index >= 15 is 0 Å². The molecule has 0 heterocycles. The number of rotatable bonds is 4. The Hall–Kier alpha value is -0.480. The minimum atomic E-state index is 0.557. The molecule has 0 amide bonds. The van der Waals surface area contributed by atoms with Crippen LogP contribution in [0, 0.1) is 45.3 Å². The van der Waals surface area contributed by atoms with Crippen molar-refractivity contribution in [2.45, 2.75) is 125 Å². The summed E-state index contributed by atoms with van der Waals surface area (Å²) in [6, 6.07) is 0. The van der Waals surface area contributed by atoms with Gasteiger partial charge in [0.2, 0.25) is 0 Å². The van der Waals surface area contributed by atoms with E-state index in [0.29, 0.717) is 21.7 Å². The Bertz CT molecular complexity index is 697. The van der Waals surface area contributed by atoms with Crippen molar-refractivity contribution in [2.75, 3.05) is 0 Å². The molecule has 0 saturated heterocycles. The van der Waals surface area contributed by atoms with Crippen LogP contribution >= 0.6 is 0 Å². The van der Waals surface area contributed by atoms with Crippen LogP contribution in [0.5, 0.6) is 0 Å². The zero-order valence-corrected chi connectivity index (χ0v) is 21.2. The fourth-order valence-corrected chi connectivity index (χ4v) is 10.4. The molecule has 4 saturated carbocycles. The van der Waals surface area contributed by atoms with Crippen LogP contribution < -0.4 is 0 Å². The minimum absolute atomic E-state index is 0.557. The lowest BCUT2D eigenvalue weighted by molar-refractivity contribution is -0.154. The molecule has 0 bridgehead atoms. The molecule has 0 aromatic carbocycles. The van der Waals surface area contributed by atoms with Gasteiger partial charge < -0.3 is 0 Å². The van der Waals surface area contributed by atoms with Crippen LogP contribution in [0.2, 0.25) is 0 Å². The maximum atomic E-state index is 4.04. The molecule has 0 aromatic heterocycles. The highest BCUT2D eigenvalue weighted by molar-refractivity contribution is 5.18. The van der Waals surface area contributed by atoms with Gasteiger partial charge in [-0.3, -0.25) is 0 Å². The summed E-state index contributed by atoms with van der Waals surface area (Å²) in [5.41, 5.74) is 7.09. The lowest BCUT2D eigenvalue weighted by Crippen LogP contribution is -2.57. The molecule has 0 N–H and O–H groups in total. The molecule has 0 heteroatoms. The van der Waals surface area contributed by atoms with Gasteiger partial charge in [-0.05, 0) is 128 Å². The van der Waals surface area contributed by atoms with Crippen LogP contribution in [0.1, 0.15) is 125 Å². The molecule has 0 aromatic rings. The summed E-state index contributed by atoms with van der Waals surface area (Å²) in [7, 11) is 0. The number of hydrogen-bond donors (Lipinski definition) is 0. The van der Waals surface area contributed by atoms with Crippen LogP contribution in [-0.2, 0) is 0 Å². The fraction of sp³-hybridized carbons (Fsp3) is 0.900. The predicted molar refractivity (Wildman–Crippen MR) is 130 cm³/mol. The zero-order valence-electron chi connectivity index (χ0n) is 21.2. The van der Waals surface area contributed by atoms with Gasteiger partial charge in [0, 0.05) is 0 Å². The molecule has 4 aliphatic carbocycles. The molecule has 0 spiro atoms. The molecule has 30 heavy (non-hydrogen) atoms. The van der Waals surface area contributed by atoms with E-state index in [1.807, 2.05) is 0 Å². The van der Waals surface area contributed by atoms with Crippen LogP contribution in [0.4, 0.5) is 0 Å². The van der Waals surface area contributed by atoms with Crippen LogP contribution in [-0.4, -0.2) is 0 Å². The van der Waals surface area contributed by atoms with Gasteiger partial charge >= 0.3 is 0 Å². The largest absolute Gasteiger partial charge is 0.130 e. The van der Waals surface area contributed by atoms with E-state index in [-0.39, 0.29) is 0 Å². The van der Waals surface area contributed by atoms with Crippen molar-refractivity contribution in [3.8, 4) is 0 Å². The summed E-state index contributed by atoms with van der Waals surface area (Å²) in [6.07, 6.45) is 18.9. The highest BCUT2D eigenvalue weighted by atomic mass is 14.7. The topological polar surface area (TPSA) is 0 Å². The fourth-order valence-electron chi connectivity index (χ4n) is 10.4. The van der Waals surface area contributed by atoms with Gasteiger partial charge in [-0.1, -0.05) is 54.0 Å². The first kappa shape index (κ1) is 22.7. The van der Waals surface area contributed by atoms with Gasteiger partial charge in [0.05, 0.1) is 0 Å². The number of fused-ring (bicyclic) bond motifs is 5. The Morgan fingerprint density at radius 2 is 1.63 bits per heavy atom. The van der Waals surface area contributed by atoms with Gasteiger partial charge in [-0.15, -0.1) is 5.73 Å². The Morgan fingerprint density at radius 3 is 2.27 bits per heavy atom. The average Bonchev–Trinajstić information content (AvgIpc) is 3.09. The third-order valence-electron chi connectivity index (χ3n) is 12.4. The zero-order chi connectivity index (χ0) is 21.8. The third kappa shape index (κ3) is 2.99. The summed E-state index contributed by atoms with van der Waals surface area (Å²) in [6.45, 7) is 19.3. The summed E-state index contributed by atoms with van der Waals surface area (Å²) in [4.78, 5) is 0. The van der Waals surface area contributed by atoms with Gasteiger partial charge in [-0.2, -0.15) is 0 Å². The SMILES string of the molecule is C=C=C(C)C1CC[C@H]2[C@@H]3CCC4(CC)C[C@](C)(CC)CCC[C@]4(C)[C@H]3CC[C@]12CC. The Morgan fingerprint density at radius 1 is 0.867 bits per heavy atom. The second-order valence-corrected chi connectivity index (χ2v) is 12.8. The Kier molecular flexibility index (Phi) is 5.93. The third-order valence-corrected chi connectivity index (χ3v) is 12.4. The van der Waals surface area contributed by atoms with Crippen molar-refractivity contribution >= 4 is 0 Å².